The van der Waals surface area contributed by atoms with E-state index in [4.69, 9.17) is 38.4 Å². The van der Waals surface area contributed by atoms with Crippen molar-refractivity contribution in [2.24, 2.45) is 0 Å². The lowest BCUT2D eigenvalue weighted by Gasteiger charge is -2.21. The van der Waals surface area contributed by atoms with Gasteiger partial charge in [0.25, 0.3) is 0 Å². The van der Waals surface area contributed by atoms with Crippen LogP contribution in [0.2, 0.25) is 10.0 Å². The van der Waals surface area contributed by atoms with Gasteiger partial charge in [0.15, 0.2) is 11.5 Å². The van der Waals surface area contributed by atoms with Crippen LogP contribution in [0, 0.1) is 0 Å². The van der Waals surface area contributed by atoms with Crippen LogP contribution in [0.1, 0.15) is 0 Å². The van der Waals surface area contributed by atoms with Crippen LogP contribution in [0.15, 0.2) is 28.7 Å². The molecule has 1 aliphatic heterocycles. The van der Waals surface area contributed by atoms with E-state index >= 15 is 0 Å². The summed E-state index contributed by atoms with van der Waals surface area (Å²) < 4.78 is 11.8. The highest BCUT2D eigenvalue weighted by atomic mass is 79.9. The molecule has 1 aliphatic rings. The lowest BCUT2D eigenvalue weighted by molar-refractivity contribution is 0.172. The average molecular weight is 390 g/mol. The third-order valence-electron chi connectivity index (χ3n) is 3.02. The van der Waals surface area contributed by atoms with Gasteiger partial charge in [0.05, 0.1) is 27.1 Å². The molecule has 3 rings (SSSR count). The van der Waals surface area contributed by atoms with Crippen molar-refractivity contribution in [1.29, 1.82) is 0 Å². The van der Waals surface area contributed by atoms with E-state index in [0.717, 1.165) is 4.47 Å². The monoisotopic (exact) mass is 388 g/mol. The molecule has 0 aliphatic carbocycles. The first kappa shape index (κ1) is 14.6. The first-order valence-electron chi connectivity index (χ1n) is 6.16. The maximum Gasteiger partial charge on any atom is 0.163 e. The Morgan fingerprint density at radius 2 is 1.67 bits per heavy atom. The third kappa shape index (κ3) is 2.86. The normalized spacial score (nSPS) is 13.1. The molecule has 21 heavy (non-hydrogen) atoms. The maximum absolute atomic E-state index is 6.22. The van der Waals surface area contributed by atoms with E-state index < -0.39 is 0 Å². The number of ether oxygens (including phenoxy) is 2. The van der Waals surface area contributed by atoms with Gasteiger partial charge < -0.3 is 20.5 Å². The number of fused-ring (bicyclic) bond motifs is 1. The molecule has 2 aromatic carbocycles. The number of rotatable bonds is 2. The molecule has 110 valence electrons. The van der Waals surface area contributed by atoms with E-state index in [1.165, 1.54) is 0 Å². The summed E-state index contributed by atoms with van der Waals surface area (Å²) in [6, 6.07) is 7.14. The lowest BCUT2D eigenvalue weighted by atomic mass is 10.2. The minimum atomic E-state index is 0.417. The zero-order chi connectivity index (χ0) is 15.0. The van der Waals surface area contributed by atoms with Gasteiger partial charge in [-0.2, -0.15) is 0 Å². The number of halogens is 3. The highest BCUT2D eigenvalue weighted by molar-refractivity contribution is 9.10. The van der Waals surface area contributed by atoms with Crippen LogP contribution in [-0.2, 0) is 0 Å². The van der Waals surface area contributed by atoms with E-state index in [-0.39, 0.29) is 0 Å². The zero-order valence-corrected chi connectivity index (χ0v) is 13.8. The van der Waals surface area contributed by atoms with Crippen molar-refractivity contribution in [1.82, 2.24) is 0 Å². The fraction of sp³-hybridized carbons (Fsp3) is 0.143. The molecule has 0 saturated carbocycles. The molecular weight excluding hydrogens is 379 g/mol. The Morgan fingerprint density at radius 3 is 2.38 bits per heavy atom. The molecule has 1 heterocycles. The SMILES string of the molecule is Nc1cc2c(cc1Nc1ccc(Br)c(Cl)c1Cl)OCCO2. The molecule has 7 heteroatoms. The number of hydrogen-bond donors (Lipinski definition) is 2. The van der Waals surface area contributed by atoms with Crippen molar-refractivity contribution in [3.8, 4) is 11.5 Å². The van der Waals surface area contributed by atoms with Gasteiger partial charge in [-0.05, 0) is 28.1 Å². The molecule has 0 aromatic heterocycles. The van der Waals surface area contributed by atoms with Gasteiger partial charge >= 0.3 is 0 Å². The number of hydrogen-bond acceptors (Lipinski definition) is 4. The van der Waals surface area contributed by atoms with Crippen molar-refractivity contribution in [2.75, 3.05) is 24.3 Å². The van der Waals surface area contributed by atoms with Gasteiger partial charge in [0.2, 0.25) is 0 Å². The van der Waals surface area contributed by atoms with Crippen LogP contribution >= 0.6 is 39.1 Å². The van der Waals surface area contributed by atoms with E-state index in [2.05, 4.69) is 21.2 Å². The quantitative estimate of drug-likeness (QED) is 0.569. The summed E-state index contributed by atoms with van der Waals surface area (Å²) >= 11 is 15.7. The predicted molar refractivity (Wildman–Crippen MR) is 89.3 cm³/mol. The largest absolute Gasteiger partial charge is 0.486 e. The second-order valence-electron chi connectivity index (χ2n) is 4.43. The Balaban J connectivity index is 1.97. The summed E-state index contributed by atoms with van der Waals surface area (Å²) in [4.78, 5) is 0. The fourth-order valence-corrected chi connectivity index (χ4v) is 2.80. The van der Waals surface area contributed by atoms with Gasteiger partial charge in [-0.25, -0.2) is 0 Å². The van der Waals surface area contributed by atoms with E-state index in [1.54, 1.807) is 12.1 Å². The molecule has 0 saturated heterocycles. The van der Waals surface area contributed by atoms with Gasteiger partial charge in [-0.3, -0.25) is 0 Å². The zero-order valence-electron chi connectivity index (χ0n) is 10.8. The highest BCUT2D eigenvalue weighted by Crippen LogP contribution is 2.41. The molecule has 0 fully saturated rings. The molecule has 0 radical (unpaired) electrons. The number of benzene rings is 2. The van der Waals surface area contributed by atoms with Crippen molar-refractivity contribution in [2.45, 2.75) is 0 Å². The van der Waals surface area contributed by atoms with Crippen LogP contribution in [0.3, 0.4) is 0 Å². The van der Waals surface area contributed by atoms with E-state index in [9.17, 15) is 0 Å². The first-order chi connectivity index (χ1) is 10.1. The number of nitrogens with one attached hydrogen (secondary N) is 1. The average Bonchev–Trinajstić information content (AvgIpc) is 2.48. The number of nitrogens with two attached hydrogens (primary N) is 1. The molecular formula is C14H11BrCl2N2O2. The third-order valence-corrected chi connectivity index (χ3v) is 4.79. The van der Waals surface area contributed by atoms with Gasteiger partial charge in [0, 0.05) is 16.6 Å². The lowest BCUT2D eigenvalue weighted by Crippen LogP contribution is -2.15. The van der Waals surface area contributed by atoms with Crippen LogP contribution < -0.4 is 20.5 Å². The van der Waals surface area contributed by atoms with Gasteiger partial charge in [0.1, 0.15) is 13.2 Å². The molecule has 0 unspecified atom stereocenters. The molecule has 3 N–H and O–H groups in total. The van der Waals surface area contributed by atoms with Crippen LogP contribution in [0.25, 0.3) is 0 Å². The predicted octanol–water partition coefficient (Wildman–Crippen LogP) is 4.85. The first-order valence-corrected chi connectivity index (χ1v) is 7.71. The molecule has 0 bridgehead atoms. The maximum atomic E-state index is 6.22. The van der Waals surface area contributed by atoms with Crippen molar-refractivity contribution in [3.05, 3.63) is 38.8 Å². The summed E-state index contributed by atoms with van der Waals surface area (Å²) in [6.45, 7) is 1.04. The summed E-state index contributed by atoms with van der Waals surface area (Å²) in [5, 5.41) is 4.02. The Kier molecular flexibility index (Phi) is 4.06. The van der Waals surface area contributed by atoms with Crippen molar-refractivity contribution < 1.29 is 9.47 Å². The summed E-state index contributed by atoms with van der Waals surface area (Å²) in [5.41, 5.74) is 7.90. The number of anilines is 3. The Morgan fingerprint density at radius 1 is 1.00 bits per heavy atom. The summed E-state index contributed by atoms with van der Waals surface area (Å²) in [7, 11) is 0. The second kappa shape index (κ2) is 5.83. The number of nitrogen functional groups attached to an aromatic ring is 1. The second-order valence-corrected chi connectivity index (χ2v) is 6.04. The summed E-state index contributed by atoms with van der Waals surface area (Å²) in [5.74, 6) is 1.29. The van der Waals surface area contributed by atoms with E-state index in [1.807, 2.05) is 12.1 Å². The topological polar surface area (TPSA) is 56.5 Å². The van der Waals surface area contributed by atoms with Crippen molar-refractivity contribution >= 4 is 56.2 Å². The van der Waals surface area contributed by atoms with Crippen LogP contribution in [0.4, 0.5) is 17.1 Å². The summed E-state index contributed by atoms with van der Waals surface area (Å²) in [6.07, 6.45) is 0. The Bertz CT molecular complexity index is 710. The van der Waals surface area contributed by atoms with Gasteiger partial charge in [-0.1, -0.05) is 23.2 Å². The minimum Gasteiger partial charge on any atom is -0.486 e. The minimum absolute atomic E-state index is 0.417. The molecule has 0 spiro atoms. The molecule has 0 amide bonds. The highest BCUT2D eigenvalue weighted by Gasteiger charge is 2.16. The van der Waals surface area contributed by atoms with Gasteiger partial charge in [-0.15, -0.1) is 0 Å². The Hall–Kier alpha value is -1.30. The molecule has 2 aromatic rings. The van der Waals surface area contributed by atoms with Crippen LogP contribution in [0.5, 0.6) is 11.5 Å². The molecule has 0 atom stereocenters. The van der Waals surface area contributed by atoms with Crippen molar-refractivity contribution in [3.63, 3.8) is 0 Å². The molecule has 4 nitrogen and oxygen atoms in total. The van der Waals surface area contributed by atoms with E-state index in [0.29, 0.717) is 51.8 Å². The Labute approximate surface area is 140 Å². The smallest absolute Gasteiger partial charge is 0.163 e. The van der Waals surface area contributed by atoms with Crippen LogP contribution in [-0.4, -0.2) is 13.2 Å². The standard InChI is InChI=1S/C14H11BrCl2N2O2/c15-7-1-2-9(14(17)13(7)16)19-10-6-12-11(5-8(10)18)20-3-4-21-12/h1-2,5-6,19H,3-4,18H2. The fourth-order valence-electron chi connectivity index (χ4n) is 1.98.